The number of thioether (sulfide) groups is 1. The first-order valence-electron chi connectivity index (χ1n) is 7.74. The van der Waals surface area contributed by atoms with E-state index >= 15 is 0 Å². The van der Waals surface area contributed by atoms with Crippen LogP contribution in [0.25, 0.3) is 0 Å². The van der Waals surface area contributed by atoms with E-state index in [1.54, 1.807) is 0 Å². The molecule has 1 amide bonds. The van der Waals surface area contributed by atoms with Gasteiger partial charge in [0.05, 0.1) is 11.3 Å². The van der Waals surface area contributed by atoms with E-state index in [0.29, 0.717) is 31.6 Å². The van der Waals surface area contributed by atoms with E-state index in [0.717, 1.165) is 0 Å². The van der Waals surface area contributed by atoms with Crippen molar-refractivity contribution in [2.75, 3.05) is 12.3 Å². The van der Waals surface area contributed by atoms with Crippen molar-refractivity contribution in [3.8, 4) is 0 Å². The fourth-order valence-electron chi connectivity index (χ4n) is 3.19. The molecule has 7 nitrogen and oxygen atoms in total. The number of aliphatic carboxylic acids is 1. The standard InChI is InChI=1S/C15H22N2O5S/c1-8(18)16-14-13(20)5-6-17(14)9(2)23-7-11-10(15(21)22)3-4-12(11)19/h9-11,14H,3-7H2,1-2H3,(H,16,18)(H,21,22)/t9-,10?,11?,14-/m1/s1. The van der Waals surface area contributed by atoms with Gasteiger partial charge in [0, 0.05) is 38.0 Å². The quantitative estimate of drug-likeness (QED) is 0.723. The molecule has 4 atom stereocenters. The van der Waals surface area contributed by atoms with E-state index in [1.807, 2.05) is 11.8 Å². The average Bonchev–Trinajstić information content (AvgIpc) is 3.00. The zero-order valence-corrected chi connectivity index (χ0v) is 14.1. The molecule has 1 heterocycles. The van der Waals surface area contributed by atoms with Gasteiger partial charge >= 0.3 is 5.97 Å². The first kappa shape index (κ1) is 17.9. The van der Waals surface area contributed by atoms with Crippen molar-refractivity contribution in [1.29, 1.82) is 0 Å². The summed E-state index contributed by atoms with van der Waals surface area (Å²) < 4.78 is 0. The number of Topliss-reactive ketones (excluding diaryl/α,β-unsaturated/α-hetero) is 2. The molecule has 2 aliphatic rings. The first-order chi connectivity index (χ1) is 10.8. The van der Waals surface area contributed by atoms with Crippen molar-refractivity contribution in [2.45, 2.75) is 44.6 Å². The van der Waals surface area contributed by atoms with Crippen molar-refractivity contribution < 1.29 is 24.3 Å². The Morgan fingerprint density at radius 2 is 2.04 bits per heavy atom. The number of ketones is 2. The Labute approximate surface area is 139 Å². The largest absolute Gasteiger partial charge is 0.481 e. The molecule has 1 saturated heterocycles. The van der Waals surface area contributed by atoms with Crippen molar-refractivity contribution in [3.63, 3.8) is 0 Å². The third-order valence-corrected chi connectivity index (χ3v) is 5.80. The Bertz CT molecular complexity index is 524. The minimum Gasteiger partial charge on any atom is -0.481 e. The number of hydrogen-bond donors (Lipinski definition) is 2. The van der Waals surface area contributed by atoms with Gasteiger partial charge in [0.2, 0.25) is 5.91 Å². The van der Waals surface area contributed by atoms with Gasteiger partial charge in [-0.05, 0) is 13.3 Å². The maximum Gasteiger partial charge on any atom is 0.307 e. The minimum atomic E-state index is -0.915. The van der Waals surface area contributed by atoms with Crippen molar-refractivity contribution in [3.05, 3.63) is 0 Å². The number of hydrogen-bond acceptors (Lipinski definition) is 6. The van der Waals surface area contributed by atoms with E-state index in [1.165, 1.54) is 18.7 Å². The summed E-state index contributed by atoms with van der Waals surface area (Å²) in [6.07, 6.45) is 0.498. The van der Waals surface area contributed by atoms with Crippen LogP contribution in [0, 0.1) is 11.8 Å². The van der Waals surface area contributed by atoms with Crippen LogP contribution < -0.4 is 5.32 Å². The molecule has 2 N–H and O–H groups in total. The molecule has 1 aliphatic heterocycles. The Morgan fingerprint density at radius 3 is 2.65 bits per heavy atom. The molecule has 128 valence electrons. The number of carboxylic acids is 1. The second kappa shape index (κ2) is 7.44. The van der Waals surface area contributed by atoms with Crippen LogP contribution in [0.4, 0.5) is 0 Å². The number of nitrogens with zero attached hydrogens (tertiary/aromatic N) is 1. The zero-order chi connectivity index (χ0) is 17.1. The number of likely N-dealkylation sites (tertiary alicyclic amines) is 1. The average molecular weight is 342 g/mol. The number of carboxylic acid groups (broad SMARTS) is 1. The lowest BCUT2D eigenvalue weighted by atomic mass is 9.98. The summed E-state index contributed by atoms with van der Waals surface area (Å²) in [5, 5.41) is 11.8. The third kappa shape index (κ3) is 4.11. The summed E-state index contributed by atoms with van der Waals surface area (Å²) in [4.78, 5) is 48.1. The topological polar surface area (TPSA) is 104 Å². The summed E-state index contributed by atoms with van der Waals surface area (Å²) in [5.74, 6) is -1.83. The van der Waals surface area contributed by atoms with E-state index in [9.17, 15) is 24.3 Å². The highest BCUT2D eigenvalue weighted by atomic mass is 32.2. The van der Waals surface area contributed by atoms with Crippen molar-refractivity contribution in [1.82, 2.24) is 10.2 Å². The Kier molecular flexibility index (Phi) is 5.80. The summed E-state index contributed by atoms with van der Waals surface area (Å²) in [6.45, 7) is 3.84. The second-order valence-electron chi connectivity index (χ2n) is 6.05. The molecule has 2 unspecified atom stereocenters. The van der Waals surface area contributed by atoms with Gasteiger partial charge in [-0.2, -0.15) is 0 Å². The van der Waals surface area contributed by atoms with Crippen LogP contribution in [0.5, 0.6) is 0 Å². The van der Waals surface area contributed by atoms with E-state index in [-0.39, 0.29) is 22.8 Å². The molecule has 1 aliphatic carbocycles. The van der Waals surface area contributed by atoms with Gasteiger partial charge < -0.3 is 10.4 Å². The molecule has 0 aromatic carbocycles. The maximum absolute atomic E-state index is 11.9. The first-order valence-corrected chi connectivity index (χ1v) is 8.78. The van der Waals surface area contributed by atoms with Gasteiger partial charge in [0.1, 0.15) is 11.9 Å². The summed E-state index contributed by atoms with van der Waals surface area (Å²) in [7, 11) is 0. The summed E-state index contributed by atoms with van der Waals surface area (Å²) >= 11 is 1.47. The normalized spacial score (nSPS) is 29.7. The highest BCUT2D eigenvalue weighted by Gasteiger charge is 2.41. The lowest BCUT2D eigenvalue weighted by molar-refractivity contribution is -0.143. The predicted octanol–water partition coefficient (Wildman–Crippen LogP) is 0.482. The number of amides is 1. The number of carbonyl (C=O) groups is 4. The summed E-state index contributed by atoms with van der Waals surface area (Å²) in [6, 6.07) is 0. The molecule has 2 fully saturated rings. The van der Waals surface area contributed by atoms with Crippen LogP contribution in [-0.4, -0.2) is 57.3 Å². The second-order valence-corrected chi connectivity index (χ2v) is 7.39. The molecule has 0 bridgehead atoms. The Hall–Kier alpha value is -1.41. The van der Waals surface area contributed by atoms with Gasteiger partial charge in [-0.25, -0.2) is 0 Å². The van der Waals surface area contributed by atoms with Gasteiger partial charge in [-0.3, -0.25) is 24.1 Å². The lowest BCUT2D eigenvalue weighted by Gasteiger charge is -2.30. The highest BCUT2D eigenvalue weighted by molar-refractivity contribution is 7.99. The molecular formula is C15H22N2O5S. The van der Waals surface area contributed by atoms with Gasteiger partial charge in [0.25, 0.3) is 0 Å². The predicted molar refractivity (Wildman–Crippen MR) is 84.7 cm³/mol. The smallest absolute Gasteiger partial charge is 0.307 e. The molecule has 0 aromatic heterocycles. The minimum absolute atomic E-state index is 0.00742. The van der Waals surface area contributed by atoms with Gasteiger partial charge in [-0.1, -0.05) is 0 Å². The van der Waals surface area contributed by atoms with Crippen molar-refractivity contribution >= 4 is 35.2 Å². The monoisotopic (exact) mass is 342 g/mol. The van der Waals surface area contributed by atoms with Crippen molar-refractivity contribution in [2.24, 2.45) is 11.8 Å². The highest BCUT2D eigenvalue weighted by Crippen LogP contribution is 2.34. The van der Waals surface area contributed by atoms with E-state index < -0.39 is 24.0 Å². The molecule has 0 aromatic rings. The summed E-state index contributed by atoms with van der Waals surface area (Å²) in [5.41, 5.74) is 0. The molecular weight excluding hydrogens is 320 g/mol. The Balaban J connectivity index is 1.94. The molecule has 2 rings (SSSR count). The zero-order valence-electron chi connectivity index (χ0n) is 13.3. The number of carbonyl (C=O) groups excluding carboxylic acids is 3. The van der Waals surface area contributed by atoms with Gasteiger partial charge in [0.15, 0.2) is 5.78 Å². The molecule has 23 heavy (non-hydrogen) atoms. The SMILES string of the molecule is CC(=O)N[C@H]1C(=O)CCN1[C@@H](C)SCC1C(=O)CCC1C(=O)O. The number of nitrogens with one attached hydrogen (secondary N) is 1. The Morgan fingerprint density at radius 1 is 1.35 bits per heavy atom. The molecule has 1 saturated carbocycles. The van der Waals surface area contributed by atoms with E-state index in [2.05, 4.69) is 5.32 Å². The molecule has 8 heteroatoms. The fourth-order valence-corrected chi connectivity index (χ4v) is 4.51. The van der Waals surface area contributed by atoms with Crippen LogP contribution in [0.2, 0.25) is 0 Å². The molecule has 0 radical (unpaired) electrons. The lowest BCUT2D eigenvalue weighted by Crippen LogP contribution is -2.49. The van der Waals surface area contributed by atoms with E-state index in [4.69, 9.17) is 0 Å². The van der Waals surface area contributed by atoms with Crippen LogP contribution in [0.3, 0.4) is 0 Å². The van der Waals surface area contributed by atoms with Crippen LogP contribution >= 0.6 is 11.8 Å². The maximum atomic E-state index is 11.9. The third-order valence-electron chi connectivity index (χ3n) is 4.50. The van der Waals surface area contributed by atoms with Gasteiger partial charge in [-0.15, -0.1) is 11.8 Å². The number of rotatable bonds is 6. The van der Waals surface area contributed by atoms with Crippen LogP contribution in [-0.2, 0) is 19.2 Å². The van der Waals surface area contributed by atoms with Crippen LogP contribution in [0.15, 0.2) is 0 Å². The van der Waals surface area contributed by atoms with Crippen LogP contribution in [0.1, 0.15) is 33.1 Å². The molecule has 0 spiro atoms. The fraction of sp³-hybridized carbons (Fsp3) is 0.733.